The first-order valence-corrected chi connectivity index (χ1v) is 8.62. The zero-order valence-corrected chi connectivity index (χ0v) is 12.9. The van der Waals surface area contributed by atoms with E-state index in [-0.39, 0.29) is 11.0 Å². The van der Waals surface area contributed by atoms with Gasteiger partial charge in [0.05, 0.1) is 16.4 Å². The minimum atomic E-state index is -3.04. The summed E-state index contributed by atoms with van der Waals surface area (Å²) in [5, 5.41) is 9.02. The van der Waals surface area contributed by atoms with E-state index in [1.165, 1.54) is 0 Å². The van der Waals surface area contributed by atoms with E-state index < -0.39 is 21.2 Å². The van der Waals surface area contributed by atoms with Gasteiger partial charge in [-0.1, -0.05) is 13.3 Å². The van der Waals surface area contributed by atoms with Crippen molar-refractivity contribution in [1.29, 1.82) is 0 Å². The van der Waals surface area contributed by atoms with Gasteiger partial charge in [0.1, 0.15) is 0 Å². The molecule has 0 spiro atoms. The van der Waals surface area contributed by atoms with E-state index in [1.807, 2.05) is 11.8 Å². The number of sulfone groups is 1. The van der Waals surface area contributed by atoms with Gasteiger partial charge in [-0.3, -0.25) is 4.79 Å². The van der Waals surface area contributed by atoms with Gasteiger partial charge in [-0.15, -0.1) is 0 Å². The summed E-state index contributed by atoms with van der Waals surface area (Å²) < 4.78 is 23.5. The van der Waals surface area contributed by atoms with Gasteiger partial charge in [0, 0.05) is 13.1 Å². The highest BCUT2D eigenvalue weighted by Crippen LogP contribution is 2.35. The first kappa shape index (κ1) is 16.4. The quantitative estimate of drug-likeness (QED) is 0.767. The van der Waals surface area contributed by atoms with Gasteiger partial charge >= 0.3 is 5.97 Å². The number of carbonyl (C=O) groups is 1. The van der Waals surface area contributed by atoms with Crippen molar-refractivity contribution in [2.75, 3.05) is 25.4 Å². The molecule has 0 aliphatic carbocycles. The molecule has 112 valence electrons. The summed E-state index contributed by atoms with van der Waals surface area (Å²) >= 11 is 0. The second-order valence-corrected chi connectivity index (χ2v) is 8.45. The zero-order valence-electron chi connectivity index (χ0n) is 12.1. The maximum atomic E-state index is 11.8. The molecule has 0 aromatic carbocycles. The number of nitrogens with zero attached hydrogens (tertiary/aromatic N) is 1. The smallest absolute Gasteiger partial charge is 0.310 e. The van der Waals surface area contributed by atoms with Crippen LogP contribution in [0.3, 0.4) is 0 Å². The molecule has 1 unspecified atom stereocenters. The molecule has 1 saturated heterocycles. The zero-order chi connectivity index (χ0) is 14.7. The van der Waals surface area contributed by atoms with Gasteiger partial charge in [-0.2, -0.15) is 0 Å². The molecule has 1 atom stereocenters. The number of hydrogen-bond acceptors (Lipinski definition) is 4. The van der Waals surface area contributed by atoms with Crippen LogP contribution in [0.15, 0.2) is 0 Å². The standard InChI is InChI=1S/C13H25NO4S/c1-4-5-13(12(15)16)6-7-14(10-13)8-9-19(17,18)11(2)3/h11H,4-10H2,1-3H3,(H,15,16). The normalized spacial score (nSPS) is 25.1. The lowest BCUT2D eigenvalue weighted by Gasteiger charge is -2.24. The Labute approximate surface area is 115 Å². The Kier molecular flexibility index (Phi) is 5.38. The van der Waals surface area contributed by atoms with E-state index in [2.05, 4.69) is 0 Å². The highest BCUT2D eigenvalue weighted by Gasteiger charge is 2.43. The molecule has 1 rings (SSSR count). The Balaban J connectivity index is 2.59. The topological polar surface area (TPSA) is 74.7 Å². The maximum Gasteiger partial charge on any atom is 0.310 e. The molecule has 0 aromatic rings. The molecule has 0 amide bonds. The van der Waals surface area contributed by atoms with E-state index in [9.17, 15) is 18.3 Å². The predicted molar refractivity (Wildman–Crippen MR) is 75.0 cm³/mol. The van der Waals surface area contributed by atoms with Gasteiger partial charge in [0.15, 0.2) is 9.84 Å². The van der Waals surface area contributed by atoms with Gasteiger partial charge in [0.25, 0.3) is 0 Å². The SMILES string of the molecule is CCCC1(C(=O)O)CCN(CCS(=O)(=O)C(C)C)C1. The average molecular weight is 291 g/mol. The van der Waals surface area contributed by atoms with Crippen molar-refractivity contribution in [1.82, 2.24) is 4.90 Å². The summed E-state index contributed by atoms with van der Waals surface area (Å²) in [4.78, 5) is 13.4. The van der Waals surface area contributed by atoms with Crippen LogP contribution in [-0.2, 0) is 14.6 Å². The number of carboxylic acid groups (broad SMARTS) is 1. The van der Waals surface area contributed by atoms with Crippen molar-refractivity contribution in [2.45, 2.75) is 45.3 Å². The van der Waals surface area contributed by atoms with Crippen LogP contribution in [0.4, 0.5) is 0 Å². The summed E-state index contributed by atoms with van der Waals surface area (Å²) in [5.74, 6) is -0.629. The van der Waals surface area contributed by atoms with Gasteiger partial charge in [0.2, 0.25) is 0 Å². The molecule has 0 aromatic heterocycles. The molecule has 0 saturated carbocycles. The van der Waals surface area contributed by atoms with Crippen molar-refractivity contribution >= 4 is 15.8 Å². The minimum absolute atomic E-state index is 0.118. The van der Waals surface area contributed by atoms with E-state index in [4.69, 9.17) is 0 Å². The summed E-state index contributed by atoms with van der Waals surface area (Å²) in [6, 6.07) is 0. The highest BCUT2D eigenvalue weighted by atomic mass is 32.2. The monoisotopic (exact) mass is 291 g/mol. The van der Waals surface area contributed by atoms with E-state index in [1.54, 1.807) is 13.8 Å². The Morgan fingerprint density at radius 3 is 2.53 bits per heavy atom. The van der Waals surface area contributed by atoms with Crippen LogP contribution < -0.4 is 0 Å². The molecule has 1 N–H and O–H groups in total. The largest absolute Gasteiger partial charge is 0.481 e. The van der Waals surface area contributed by atoms with Crippen LogP contribution in [-0.4, -0.2) is 55.0 Å². The minimum Gasteiger partial charge on any atom is -0.481 e. The third-order valence-corrected chi connectivity index (χ3v) is 6.21. The Bertz CT molecular complexity index is 418. The molecule has 1 fully saturated rings. The summed E-state index contributed by atoms with van der Waals surface area (Å²) in [6.07, 6.45) is 2.12. The molecule has 5 nitrogen and oxygen atoms in total. The molecule has 0 bridgehead atoms. The molecular weight excluding hydrogens is 266 g/mol. The van der Waals surface area contributed by atoms with Crippen LogP contribution >= 0.6 is 0 Å². The fourth-order valence-electron chi connectivity index (χ4n) is 2.61. The molecule has 6 heteroatoms. The first-order chi connectivity index (χ1) is 8.73. The highest BCUT2D eigenvalue weighted by molar-refractivity contribution is 7.92. The molecule has 0 radical (unpaired) electrons. The van der Waals surface area contributed by atoms with E-state index in [0.29, 0.717) is 32.5 Å². The third kappa shape index (κ3) is 3.92. The number of rotatable bonds is 7. The molecular formula is C13H25NO4S. The number of carboxylic acids is 1. The second kappa shape index (κ2) is 6.22. The molecule has 1 heterocycles. The number of hydrogen-bond donors (Lipinski definition) is 1. The summed E-state index contributed by atoms with van der Waals surface area (Å²) in [6.45, 7) is 6.94. The van der Waals surface area contributed by atoms with Crippen LogP contribution in [0.2, 0.25) is 0 Å². The Hall–Kier alpha value is -0.620. The van der Waals surface area contributed by atoms with E-state index in [0.717, 1.165) is 6.42 Å². The summed E-state index contributed by atoms with van der Waals surface area (Å²) in [7, 11) is -3.04. The molecule has 19 heavy (non-hydrogen) atoms. The molecule has 1 aliphatic rings. The van der Waals surface area contributed by atoms with Gasteiger partial charge in [-0.05, 0) is 33.2 Å². The van der Waals surface area contributed by atoms with Crippen LogP contribution in [0.25, 0.3) is 0 Å². The number of aliphatic carboxylic acids is 1. The van der Waals surface area contributed by atoms with Crippen molar-refractivity contribution in [3.05, 3.63) is 0 Å². The average Bonchev–Trinajstić information content (AvgIpc) is 2.72. The van der Waals surface area contributed by atoms with Crippen molar-refractivity contribution in [3.8, 4) is 0 Å². The predicted octanol–water partition coefficient (Wildman–Crippen LogP) is 1.39. The van der Waals surface area contributed by atoms with Gasteiger partial charge in [-0.25, -0.2) is 8.42 Å². The fraction of sp³-hybridized carbons (Fsp3) is 0.923. The van der Waals surface area contributed by atoms with Crippen LogP contribution in [0.5, 0.6) is 0 Å². The second-order valence-electron chi connectivity index (χ2n) is 5.78. The Morgan fingerprint density at radius 1 is 1.42 bits per heavy atom. The van der Waals surface area contributed by atoms with E-state index >= 15 is 0 Å². The fourth-order valence-corrected chi connectivity index (χ4v) is 3.59. The Morgan fingerprint density at radius 2 is 2.05 bits per heavy atom. The van der Waals surface area contributed by atoms with Crippen molar-refractivity contribution in [2.24, 2.45) is 5.41 Å². The maximum absolute atomic E-state index is 11.8. The van der Waals surface area contributed by atoms with Gasteiger partial charge < -0.3 is 10.0 Å². The third-order valence-electron chi connectivity index (χ3n) is 4.03. The van der Waals surface area contributed by atoms with Crippen molar-refractivity contribution < 1.29 is 18.3 Å². The lowest BCUT2D eigenvalue weighted by Crippen LogP contribution is -2.36. The lowest BCUT2D eigenvalue weighted by atomic mass is 9.83. The van der Waals surface area contributed by atoms with Crippen molar-refractivity contribution in [3.63, 3.8) is 0 Å². The van der Waals surface area contributed by atoms with Crippen LogP contribution in [0.1, 0.15) is 40.0 Å². The first-order valence-electron chi connectivity index (χ1n) is 6.91. The van der Waals surface area contributed by atoms with Crippen LogP contribution in [0, 0.1) is 5.41 Å². The molecule has 1 aliphatic heterocycles. The number of likely N-dealkylation sites (tertiary alicyclic amines) is 1. The summed E-state index contributed by atoms with van der Waals surface area (Å²) in [5.41, 5.74) is -0.670. The lowest BCUT2D eigenvalue weighted by molar-refractivity contribution is -0.148.